The average molecular weight is 964 g/mol. The molecular weight excluding hydrogens is 865 g/mol. The van der Waals surface area contributed by atoms with Crippen molar-refractivity contribution >= 4 is 0 Å². The van der Waals surface area contributed by atoms with E-state index in [1.807, 2.05) is 0 Å². The maximum Gasteiger partial charge on any atom is -0.000804 e. The molecule has 0 bridgehead atoms. The van der Waals surface area contributed by atoms with E-state index in [2.05, 4.69) is 279 Å². The molecule has 0 fully saturated rings. The summed E-state index contributed by atoms with van der Waals surface area (Å²) in [6, 6.07) is 34.0. The first-order chi connectivity index (χ1) is 32.5. The number of hydrogen-bond acceptors (Lipinski definition) is 0. The molecule has 0 aliphatic carbocycles. The van der Waals surface area contributed by atoms with Crippen molar-refractivity contribution in [3.05, 3.63) is 152 Å². The molecule has 0 saturated carbocycles. The summed E-state index contributed by atoms with van der Waals surface area (Å²) in [6.07, 6.45) is 0. The Labute approximate surface area is 442 Å². The first kappa shape index (κ1) is 56.6. The van der Waals surface area contributed by atoms with Gasteiger partial charge in [0.1, 0.15) is 0 Å². The second-order valence-corrected chi connectivity index (χ2v) is 30.2. The summed E-state index contributed by atoms with van der Waals surface area (Å²) >= 11 is 0. The minimum Gasteiger partial charge on any atom is -0.0622 e. The maximum absolute atomic E-state index is 2.75. The Bertz CT molecular complexity index is 3010. The number of hydrogen-bond donors (Lipinski definition) is 0. The zero-order chi connectivity index (χ0) is 54.6. The van der Waals surface area contributed by atoms with E-state index in [9.17, 15) is 0 Å². The highest BCUT2D eigenvalue weighted by molar-refractivity contribution is 6.11. The second kappa shape index (κ2) is 18.6. The first-order valence-electron chi connectivity index (χ1n) is 27.4. The van der Waals surface area contributed by atoms with Gasteiger partial charge in [0.2, 0.25) is 0 Å². The van der Waals surface area contributed by atoms with Crippen molar-refractivity contribution < 1.29 is 0 Å². The molecule has 0 saturated heterocycles. The van der Waals surface area contributed by atoms with Gasteiger partial charge >= 0.3 is 0 Å². The molecule has 0 N–H and O–H groups in total. The molecule has 0 aliphatic heterocycles. The van der Waals surface area contributed by atoms with E-state index in [-0.39, 0.29) is 43.3 Å². The Morgan fingerprint density at radius 2 is 0.472 bits per heavy atom. The minimum absolute atomic E-state index is 0.168. The predicted molar refractivity (Wildman–Crippen MR) is 322 cm³/mol. The van der Waals surface area contributed by atoms with Crippen molar-refractivity contribution in [2.75, 3.05) is 0 Å². The molecule has 6 aromatic rings. The van der Waals surface area contributed by atoms with Crippen LogP contribution in [0.15, 0.2) is 84.9 Å². The minimum atomic E-state index is -0.207. The Morgan fingerprint density at radius 3 is 0.750 bits per heavy atom. The Hall–Kier alpha value is -4.68. The molecule has 0 spiro atoms. The molecule has 386 valence electrons. The zero-order valence-electron chi connectivity index (χ0n) is 51.1. The molecule has 0 nitrogen and oxygen atoms in total. The standard InChI is InChI=1S/C72H98/c1-43-34-38-50(65(5,6)7)55(61(43)69(17,18)19)48-42-49(56-51(66(8,9)10)39-35-44(2)62(56)70(20,21)22)57(58-52(67(11,12)13)40-36-45(3)63(58)71(23,24)25)60(54(48)47-32-30-29-31-33-47)59-53(68(14,15)16)41-37-46(4)64(59)72(26,27)28/h29-42H,1-28H3. The van der Waals surface area contributed by atoms with Crippen LogP contribution in [-0.2, 0) is 43.3 Å². The third-order valence-corrected chi connectivity index (χ3v) is 15.3. The first-order valence-corrected chi connectivity index (χ1v) is 27.4. The molecule has 72 heavy (non-hydrogen) atoms. The van der Waals surface area contributed by atoms with Crippen molar-refractivity contribution in [1.29, 1.82) is 0 Å². The van der Waals surface area contributed by atoms with Crippen LogP contribution in [0.2, 0.25) is 0 Å². The third kappa shape index (κ3) is 10.6. The Balaban J connectivity index is 2.36. The molecule has 0 unspecified atom stereocenters. The van der Waals surface area contributed by atoms with Crippen molar-refractivity contribution in [2.45, 2.75) is 237 Å². The highest BCUT2D eigenvalue weighted by Crippen LogP contribution is 2.60. The molecule has 0 aliphatic rings. The Morgan fingerprint density at radius 1 is 0.222 bits per heavy atom. The topological polar surface area (TPSA) is 0 Å². The molecule has 0 aromatic heterocycles. The van der Waals surface area contributed by atoms with Crippen LogP contribution >= 0.6 is 0 Å². The van der Waals surface area contributed by atoms with Crippen LogP contribution in [0.4, 0.5) is 0 Å². The quantitative estimate of drug-likeness (QED) is 0.162. The normalized spacial score (nSPS) is 13.6. The highest BCUT2D eigenvalue weighted by atomic mass is 14.4. The summed E-state index contributed by atoms with van der Waals surface area (Å²) in [4.78, 5) is 0. The van der Waals surface area contributed by atoms with Gasteiger partial charge < -0.3 is 0 Å². The summed E-state index contributed by atoms with van der Waals surface area (Å²) in [6.45, 7) is 68.1. The molecule has 0 atom stereocenters. The van der Waals surface area contributed by atoms with E-state index in [4.69, 9.17) is 0 Å². The molecule has 0 amide bonds. The Kier molecular flexibility index (Phi) is 14.6. The monoisotopic (exact) mass is 963 g/mol. The van der Waals surface area contributed by atoms with Gasteiger partial charge in [-0.15, -0.1) is 0 Å². The molecular formula is C72H98. The van der Waals surface area contributed by atoms with E-state index >= 15 is 0 Å². The second-order valence-electron chi connectivity index (χ2n) is 30.2. The van der Waals surface area contributed by atoms with Gasteiger partial charge in [-0.3, -0.25) is 0 Å². The van der Waals surface area contributed by atoms with Crippen molar-refractivity contribution in [1.82, 2.24) is 0 Å². The van der Waals surface area contributed by atoms with E-state index in [1.54, 1.807) is 0 Å². The SMILES string of the molecule is Cc1ccc(C(C)(C)C)c(-c2cc(-c3c(C(C)(C)C)ccc(C)c3C(C)(C)C)c(-c3c(C(C)(C)C)ccc(C)c3C(C)(C)C)c(-c3c(C(C)(C)C)ccc(C)c3C(C)(C)C)c2-c2ccccc2)c1C(C)(C)C. The van der Waals surface area contributed by atoms with E-state index in [0.717, 1.165) is 0 Å². The van der Waals surface area contributed by atoms with Gasteiger partial charge in [-0.2, -0.15) is 0 Å². The fourth-order valence-electron chi connectivity index (χ4n) is 12.8. The van der Waals surface area contributed by atoms with Gasteiger partial charge in [-0.1, -0.05) is 245 Å². The van der Waals surface area contributed by atoms with Crippen LogP contribution in [0.1, 0.15) is 233 Å². The number of aryl methyl sites for hydroxylation is 4. The van der Waals surface area contributed by atoms with Crippen LogP contribution in [0.3, 0.4) is 0 Å². The molecule has 6 aromatic carbocycles. The summed E-state index contributed by atoms with van der Waals surface area (Å²) < 4.78 is 0. The van der Waals surface area contributed by atoms with Crippen LogP contribution in [0.5, 0.6) is 0 Å². The lowest BCUT2D eigenvalue weighted by Gasteiger charge is -2.40. The van der Waals surface area contributed by atoms with Crippen molar-refractivity contribution in [2.24, 2.45) is 0 Å². The lowest BCUT2D eigenvalue weighted by atomic mass is 9.63. The largest absolute Gasteiger partial charge is 0.0622 e. The number of rotatable bonds is 5. The van der Waals surface area contributed by atoms with Crippen molar-refractivity contribution in [3.63, 3.8) is 0 Å². The smallest absolute Gasteiger partial charge is 0.000804 e. The van der Waals surface area contributed by atoms with Gasteiger partial charge in [0.25, 0.3) is 0 Å². The molecule has 6 rings (SSSR count). The summed E-state index contributed by atoms with van der Waals surface area (Å²) in [5.74, 6) is 0. The van der Waals surface area contributed by atoms with Gasteiger partial charge in [-0.05, 0) is 199 Å². The van der Waals surface area contributed by atoms with Gasteiger partial charge in [0, 0.05) is 0 Å². The fraction of sp³-hybridized carbons (Fsp3) is 0.500. The fourth-order valence-corrected chi connectivity index (χ4v) is 12.8. The predicted octanol–water partition coefficient (Wildman–Crippen LogP) is 21.6. The van der Waals surface area contributed by atoms with Crippen molar-refractivity contribution in [3.8, 4) is 55.6 Å². The lowest BCUT2D eigenvalue weighted by molar-refractivity contribution is 0.566. The van der Waals surface area contributed by atoms with Gasteiger partial charge in [0.05, 0.1) is 0 Å². The van der Waals surface area contributed by atoms with Crippen LogP contribution in [0, 0.1) is 27.7 Å². The lowest BCUT2D eigenvalue weighted by Crippen LogP contribution is -2.24. The van der Waals surface area contributed by atoms with Crippen LogP contribution < -0.4 is 0 Å². The molecule has 0 heterocycles. The summed E-state index contributed by atoms with van der Waals surface area (Å²) in [5.41, 5.74) is 28.6. The van der Waals surface area contributed by atoms with E-state index in [1.165, 1.54) is 122 Å². The van der Waals surface area contributed by atoms with Crippen LogP contribution in [-0.4, -0.2) is 0 Å². The van der Waals surface area contributed by atoms with E-state index in [0.29, 0.717) is 0 Å². The highest BCUT2D eigenvalue weighted by Gasteiger charge is 2.41. The third-order valence-electron chi connectivity index (χ3n) is 15.3. The number of benzene rings is 6. The van der Waals surface area contributed by atoms with E-state index < -0.39 is 0 Å². The summed E-state index contributed by atoms with van der Waals surface area (Å²) in [5, 5.41) is 0. The van der Waals surface area contributed by atoms with Gasteiger partial charge in [-0.25, -0.2) is 0 Å². The molecule has 0 radical (unpaired) electrons. The average Bonchev–Trinajstić information content (AvgIpc) is 3.19. The maximum atomic E-state index is 2.75. The summed E-state index contributed by atoms with van der Waals surface area (Å²) in [7, 11) is 0. The molecule has 0 heteroatoms. The van der Waals surface area contributed by atoms with Crippen LogP contribution in [0.25, 0.3) is 55.6 Å². The zero-order valence-corrected chi connectivity index (χ0v) is 51.1. The van der Waals surface area contributed by atoms with Gasteiger partial charge in [0.15, 0.2) is 0 Å².